The first kappa shape index (κ1) is 18.2. The zero-order chi connectivity index (χ0) is 19.3. The lowest BCUT2D eigenvalue weighted by Crippen LogP contribution is -2.47. The molecule has 7 heteroatoms. The number of rotatable bonds is 5. The molecular weight excluding hydrogens is 355 g/mol. The largest absolute Gasteiger partial charge is 0.368 e. The van der Waals surface area contributed by atoms with Crippen molar-refractivity contribution in [3.8, 4) is 0 Å². The molecule has 0 unspecified atom stereocenters. The summed E-state index contributed by atoms with van der Waals surface area (Å²) in [6.45, 7) is 6.01. The lowest BCUT2D eigenvalue weighted by atomic mass is 10.1. The Kier molecular flexibility index (Phi) is 5.32. The van der Waals surface area contributed by atoms with Crippen LogP contribution in [0.2, 0.25) is 0 Å². The summed E-state index contributed by atoms with van der Waals surface area (Å²) in [5, 5.41) is 11.6. The summed E-state index contributed by atoms with van der Waals surface area (Å²) in [5.41, 5.74) is 3.47. The predicted molar refractivity (Wildman–Crippen MR) is 109 cm³/mol. The monoisotopic (exact) mass is 378 g/mol. The molecule has 28 heavy (non-hydrogen) atoms. The second-order valence-electron chi connectivity index (χ2n) is 6.93. The third kappa shape index (κ3) is 4.36. The normalized spacial score (nSPS) is 14.2. The fourth-order valence-electron chi connectivity index (χ4n) is 3.23. The Morgan fingerprint density at radius 1 is 0.929 bits per heavy atom. The highest BCUT2D eigenvalue weighted by Gasteiger charge is 2.20. The number of anilines is 3. The van der Waals surface area contributed by atoms with Gasteiger partial charge in [-0.1, -0.05) is 29.8 Å². The summed E-state index contributed by atoms with van der Waals surface area (Å²) in [5.74, 6) is 1.14. The van der Waals surface area contributed by atoms with Gasteiger partial charge in [-0.25, -0.2) is 4.39 Å². The van der Waals surface area contributed by atoms with E-state index >= 15 is 0 Å². The molecule has 6 nitrogen and oxygen atoms in total. The molecule has 1 aliphatic heterocycles. The summed E-state index contributed by atoms with van der Waals surface area (Å²) in [6, 6.07) is 15.0. The highest BCUT2D eigenvalue weighted by atomic mass is 19.1. The van der Waals surface area contributed by atoms with Crippen LogP contribution in [0.5, 0.6) is 0 Å². The number of benzene rings is 2. The van der Waals surface area contributed by atoms with Crippen molar-refractivity contribution in [2.24, 2.45) is 0 Å². The van der Waals surface area contributed by atoms with E-state index in [4.69, 9.17) is 0 Å². The van der Waals surface area contributed by atoms with Crippen LogP contribution in [0.25, 0.3) is 0 Å². The van der Waals surface area contributed by atoms with Gasteiger partial charge in [0.15, 0.2) is 5.82 Å². The Balaban J connectivity index is 1.35. The summed E-state index contributed by atoms with van der Waals surface area (Å²) in [4.78, 5) is 8.98. The predicted octanol–water partition coefficient (Wildman–Crippen LogP) is 3.26. The van der Waals surface area contributed by atoms with Crippen molar-refractivity contribution in [3.05, 3.63) is 71.7 Å². The SMILES string of the molecule is Cc1ccc(CNc2cnnc(N3CCN(c4ccc(F)cc4)CC3)n2)cc1. The van der Waals surface area contributed by atoms with Gasteiger partial charge in [0.2, 0.25) is 5.95 Å². The fraction of sp³-hybridized carbons (Fsp3) is 0.286. The van der Waals surface area contributed by atoms with Crippen LogP contribution >= 0.6 is 0 Å². The Morgan fingerprint density at radius 2 is 1.61 bits per heavy atom. The van der Waals surface area contributed by atoms with Crippen molar-refractivity contribution in [3.63, 3.8) is 0 Å². The second kappa shape index (κ2) is 8.21. The van der Waals surface area contributed by atoms with E-state index in [1.807, 2.05) is 12.1 Å². The Hall–Kier alpha value is -3.22. The van der Waals surface area contributed by atoms with Gasteiger partial charge >= 0.3 is 0 Å². The summed E-state index contributed by atoms with van der Waals surface area (Å²) in [6.07, 6.45) is 1.65. The van der Waals surface area contributed by atoms with Crippen molar-refractivity contribution in [1.29, 1.82) is 0 Å². The number of aromatic nitrogens is 3. The fourth-order valence-corrected chi connectivity index (χ4v) is 3.23. The van der Waals surface area contributed by atoms with E-state index in [0.717, 1.165) is 31.9 Å². The van der Waals surface area contributed by atoms with Gasteiger partial charge in [0, 0.05) is 38.4 Å². The lowest BCUT2D eigenvalue weighted by molar-refractivity contribution is 0.622. The van der Waals surface area contributed by atoms with Crippen molar-refractivity contribution in [1.82, 2.24) is 15.2 Å². The Morgan fingerprint density at radius 3 is 2.32 bits per heavy atom. The molecule has 0 radical (unpaired) electrons. The van der Waals surface area contributed by atoms with Gasteiger partial charge in [-0.05, 0) is 36.8 Å². The van der Waals surface area contributed by atoms with E-state index in [-0.39, 0.29) is 5.82 Å². The molecule has 1 saturated heterocycles. The lowest BCUT2D eigenvalue weighted by Gasteiger charge is -2.35. The average molecular weight is 378 g/mol. The number of hydrogen-bond donors (Lipinski definition) is 1. The van der Waals surface area contributed by atoms with E-state index in [0.29, 0.717) is 18.3 Å². The highest BCUT2D eigenvalue weighted by Crippen LogP contribution is 2.19. The van der Waals surface area contributed by atoms with Gasteiger partial charge in [-0.2, -0.15) is 10.1 Å². The molecule has 3 aromatic rings. The molecule has 0 bridgehead atoms. The van der Waals surface area contributed by atoms with Gasteiger partial charge in [-0.3, -0.25) is 0 Å². The van der Waals surface area contributed by atoms with Gasteiger partial charge in [-0.15, -0.1) is 5.10 Å². The number of hydrogen-bond acceptors (Lipinski definition) is 6. The van der Waals surface area contributed by atoms with Crippen molar-refractivity contribution >= 4 is 17.5 Å². The van der Waals surface area contributed by atoms with Crippen LogP contribution in [0.1, 0.15) is 11.1 Å². The van der Waals surface area contributed by atoms with Crippen molar-refractivity contribution in [2.75, 3.05) is 41.3 Å². The molecule has 2 heterocycles. The van der Waals surface area contributed by atoms with Crippen molar-refractivity contribution in [2.45, 2.75) is 13.5 Å². The topological polar surface area (TPSA) is 57.2 Å². The average Bonchev–Trinajstić information content (AvgIpc) is 2.74. The number of aryl methyl sites for hydroxylation is 1. The van der Waals surface area contributed by atoms with Crippen LogP contribution in [0.4, 0.5) is 21.8 Å². The van der Waals surface area contributed by atoms with Gasteiger partial charge in [0.25, 0.3) is 0 Å². The highest BCUT2D eigenvalue weighted by molar-refractivity contribution is 5.49. The van der Waals surface area contributed by atoms with Crippen molar-refractivity contribution < 1.29 is 4.39 Å². The van der Waals surface area contributed by atoms with Crippen LogP contribution in [-0.4, -0.2) is 41.4 Å². The Labute approximate surface area is 164 Å². The van der Waals surface area contributed by atoms with E-state index in [9.17, 15) is 4.39 Å². The zero-order valence-electron chi connectivity index (χ0n) is 15.8. The van der Waals surface area contributed by atoms with Crippen LogP contribution in [0, 0.1) is 12.7 Å². The Bertz CT molecular complexity index is 905. The molecule has 0 spiro atoms. The van der Waals surface area contributed by atoms with E-state index < -0.39 is 0 Å². The zero-order valence-corrected chi connectivity index (χ0v) is 15.8. The first-order valence-electron chi connectivity index (χ1n) is 9.42. The smallest absolute Gasteiger partial charge is 0.247 e. The van der Waals surface area contributed by atoms with Crippen LogP contribution < -0.4 is 15.1 Å². The third-order valence-corrected chi connectivity index (χ3v) is 4.90. The van der Waals surface area contributed by atoms with E-state index in [2.05, 4.69) is 61.5 Å². The molecule has 0 aliphatic carbocycles. The second-order valence-corrected chi connectivity index (χ2v) is 6.93. The third-order valence-electron chi connectivity index (χ3n) is 4.90. The van der Waals surface area contributed by atoms with E-state index in [1.165, 1.54) is 23.3 Å². The van der Waals surface area contributed by atoms with Gasteiger partial charge in [0.1, 0.15) is 5.82 Å². The molecule has 0 amide bonds. The molecule has 1 N–H and O–H groups in total. The van der Waals surface area contributed by atoms with Gasteiger partial charge < -0.3 is 15.1 Å². The molecule has 2 aromatic carbocycles. The summed E-state index contributed by atoms with van der Waals surface area (Å²) < 4.78 is 13.1. The molecule has 1 aromatic heterocycles. The number of piperazine rings is 1. The van der Waals surface area contributed by atoms with Crippen LogP contribution in [-0.2, 0) is 6.54 Å². The molecule has 0 saturated carbocycles. The van der Waals surface area contributed by atoms with Crippen LogP contribution in [0.3, 0.4) is 0 Å². The molecule has 1 aliphatic rings. The molecular formula is C21H23FN6. The standard InChI is InChI=1S/C21H23FN6/c1-16-2-4-17(5-3-16)14-23-20-15-24-26-21(25-20)28-12-10-27(11-13-28)19-8-6-18(22)7-9-19/h2-9,15H,10-14H2,1H3,(H,23,25,26). The first-order valence-corrected chi connectivity index (χ1v) is 9.42. The summed E-state index contributed by atoms with van der Waals surface area (Å²) >= 11 is 0. The minimum absolute atomic E-state index is 0.211. The summed E-state index contributed by atoms with van der Waals surface area (Å²) in [7, 11) is 0. The molecule has 144 valence electrons. The minimum Gasteiger partial charge on any atom is -0.368 e. The number of halogens is 1. The molecule has 1 fully saturated rings. The maximum absolute atomic E-state index is 13.1. The minimum atomic E-state index is -0.211. The number of nitrogens with one attached hydrogen (secondary N) is 1. The maximum Gasteiger partial charge on any atom is 0.247 e. The quantitative estimate of drug-likeness (QED) is 0.736. The molecule has 0 atom stereocenters. The maximum atomic E-state index is 13.1. The van der Waals surface area contributed by atoms with Gasteiger partial charge in [0.05, 0.1) is 6.20 Å². The van der Waals surface area contributed by atoms with E-state index in [1.54, 1.807) is 6.20 Å². The number of nitrogens with zero attached hydrogens (tertiary/aromatic N) is 5. The first-order chi connectivity index (χ1) is 13.7. The van der Waals surface area contributed by atoms with Crippen LogP contribution in [0.15, 0.2) is 54.7 Å². The molecule has 4 rings (SSSR count).